The molecule has 3 aromatic carbocycles. The first-order chi connectivity index (χ1) is 21.3. The lowest BCUT2D eigenvalue weighted by Crippen LogP contribution is -2.51. The van der Waals surface area contributed by atoms with Crippen LogP contribution in [-0.2, 0) is 26.2 Å². The van der Waals surface area contributed by atoms with E-state index in [2.05, 4.69) is 5.32 Å². The number of aryl methyl sites for hydroxylation is 1. The number of carbonyl (C=O) groups excluding carboxylic acids is 2. The van der Waals surface area contributed by atoms with E-state index in [1.807, 2.05) is 6.92 Å². The molecule has 0 spiro atoms. The van der Waals surface area contributed by atoms with Crippen molar-refractivity contribution in [3.05, 3.63) is 86.9 Å². The molecule has 0 aliphatic rings. The van der Waals surface area contributed by atoms with E-state index in [1.165, 1.54) is 56.4 Å². The molecule has 0 aliphatic carbocycles. The van der Waals surface area contributed by atoms with Gasteiger partial charge in [0.05, 0.1) is 29.7 Å². The molecule has 3 rings (SSSR count). The fraction of sp³-hybridized carbons (Fsp3) is 0.355. The normalized spacial score (nSPS) is 11.8. The molecule has 0 saturated heterocycles. The Kier molecular flexibility index (Phi) is 12.2. The Labute approximate surface area is 268 Å². The van der Waals surface area contributed by atoms with Crippen LogP contribution in [0.25, 0.3) is 0 Å². The minimum Gasteiger partial charge on any atom is -0.497 e. The summed E-state index contributed by atoms with van der Waals surface area (Å²) in [5.41, 5.74) is 0.460. The highest BCUT2D eigenvalue weighted by atomic mass is 35.5. The number of methoxy groups -OCH3 is 2. The number of amides is 2. The molecule has 0 heterocycles. The molecule has 45 heavy (non-hydrogen) atoms. The van der Waals surface area contributed by atoms with Gasteiger partial charge in [-0.3, -0.25) is 24.0 Å². The highest BCUT2D eigenvalue weighted by molar-refractivity contribution is 7.92. The van der Waals surface area contributed by atoms with Gasteiger partial charge in [-0.2, -0.15) is 0 Å². The lowest BCUT2D eigenvalue weighted by Gasteiger charge is -2.32. The third-order valence-electron chi connectivity index (χ3n) is 7.16. The van der Waals surface area contributed by atoms with E-state index < -0.39 is 49.9 Å². The van der Waals surface area contributed by atoms with Crippen molar-refractivity contribution in [3.63, 3.8) is 0 Å². The van der Waals surface area contributed by atoms with Gasteiger partial charge < -0.3 is 19.7 Å². The summed E-state index contributed by atoms with van der Waals surface area (Å²) in [5, 5.41) is 14.6. The number of anilines is 1. The van der Waals surface area contributed by atoms with Crippen LogP contribution in [0.3, 0.4) is 0 Å². The zero-order valence-electron chi connectivity index (χ0n) is 25.8. The largest absolute Gasteiger partial charge is 0.497 e. The smallest absolute Gasteiger partial charge is 0.273 e. The van der Waals surface area contributed by atoms with Crippen molar-refractivity contribution in [1.29, 1.82) is 0 Å². The van der Waals surface area contributed by atoms with Crippen molar-refractivity contribution in [2.75, 3.05) is 31.6 Å². The number of nitro groups is 1. The topological polar surface area (TPSA) is 148 Å². The maximum atomic E-state index is 14.2. The van der Waals surface area contributed by atoms with Gasteiger partial charge in [-0.05, 0) is 62.2 Å². The average molecular weight is 661 g/mol. The minimum atomic E-state index is -4.62. The van der Waals surface area contributed by atoms with Gasteiger partial charge >= 0.3 is 0 Å². The predicted molar refractivity (Wildman–Crippen MR) is 171 cm³/mol. The van der Waals surface area contributed by atoms with Crippen molar-refractivity contribution >= 4 is 44.8 Å². The van der Waals surface area contributed by atoms with Gasteiger partial charge in [0, 0.05) is 29.7 Å². The SMILES string of the molecule is CCCCNC(=O)[C@H](C)N(Cc1ccc(OC)cc1)C(=O)CN(c1cc(Cl)ccc1OC)S(=O)(=O)c1ccc(C)c([N+](=O)[O-])c1. The maximum Gasteiger partial charge on any atom is 0.273 e. The van der Waals surface area contributed by atoms with Crippen LogP contribution in [0.15, 0.2) is 65.6 Å². The lowest BCUT2D eigenvalue weighted by atomic mass is 10.1. The van der Waals surface area contributed by atoms with Crippen molar-refractivity contribution < 1.29 is 32.4 Å². The summed E-state index contributed by atoms with van der Waals surface area (Å²) in [7, 11) is -1.77. The number of nitrogens with zero attached hydrogens (tertiary/aromatic N) is 3. The molecular weight excluding hydrogens is 624 g/mol. The molecule has 0 bridgehead atoms. The highest BCUT2D eigenvalue weighted by Crippen LogP contribution is 2.36. The number of nitro benzene ring substituents is 1. The molecule has 0 saturated carbocycles. The summed E-state index contributed by atoms with van der Waals surface area (Å²) >= 11 is 6.26. The first kappa shape index (κ1) is 35.1. The van der Waals surface area contributed by atoms with Crippen LogP contribution in [0.5, 0.6) is 11.5 Å². The van der Waals surface area contributed by atoms with Crippen LogP contribution in [0.2, 0.25) is 5.02 Å². The molecule has 242 valence electrons. The Morgan fingerprint density at radius 1 is 1.04 bits per heavy atom. The Bertz CT molecular complexity index is 1630. The van der Waals surface area contributed by atoms with Gasteiger partial charge in [-0.1, -0.05) is 43.1 Å². The van der Waals surface area contributed by atoms with Gasteiger partial charge in [-0.25, -0.2) is 8.42 Å². The number of ether oxygens (including phenoxy) is 2. The standard InChI is InChI=1S/C31H37ClN4O8S/c1-6-7-16-33-31(38)22(3)34(19-23-9-12-25(43-4)13-10-23)30(37)20-35(28-17-24(32)11-15-29(28)44-5)45(41,42)26-14-8-21(2)27(18-26)36(39)40/h8-15,17-18,22H,6-7,16,19-20H2,1-5H3,(H,33,38)/t22-/m0/s1. The van der Waals surface area contributed by atoms with E-state index in [9.17, 15) is 28.1 Å². The van der Waals surface area contributed by atoms with Gasteiger partial charge in [-0.15, -0.1) is 0 Å². The fourth-order valence-corrected chi connectivity index (χ4v) is 6.09. The Hall–Kier alpha value is -4.36. The minimum absolute atomic E-state index is 0.0260. The van der Waals surface area contributed by atoms with Crippen LogP contribution < -0.4 is 19.1 Å². The van der Waals surface area contributed by atoms with E-state index in [0.717, 1.165) is 23.2 Å². The molecular formula is C31H37ClN4O8S. The second-order valence-corrected chi connectivity index (χ2v) is 12.5. The zero-order valence-corrected chi connectivity index (χ0v) is 27.4. The van der Waals surface area contributed by atoms with Gasteiger partial charge in [0.15, 0.2) is 0 Å². The van der Waals surface area contributed by atoms with Crippen molar-refractivity contribution in [2.45, 2.75) is 51.1 Å². The fourth-order valence-electron chi connectivity index (χ4n) is 4.49. The predicted octanol–water partition coefficient (Wildman–Crippen LogP) is 5.10. The van der Waals surface area contributed by atoms with Crippen molar-refractivity contribution in [3.8, 4) is 11.5 Å². The van der Waals surface area contributed by atoms with E-state index in [-0.39, 0.29) is 28.6 Å². The van der Waals surface area contributed by atoms with E-state index >= 15 is 0 Å². The van der Waals surface area contributed by atoms with Crippen LogP contribution in [0.4, 0.5) is 11.4 Å². The molecule has 0 aliphatic heterocycles. The van der Waals surface area contributed by atoms with E-state index in [4.69, 9.17) is 21.1 Å². The van der Waals surface area contributed by atoms with Gasteiger partial charge in [0.1, 0.15) is 24.1 Å². The molecule has 12 nitrogen and oxygen atoms in total. The quantitative estimate of drug-likeness (QED) is 0.134. The van der Waals surface area contributed by atoms with E-state index in [1.54, 1.807) is 31.2 Å². The number of hydrogen-bond acceptors (Lipinski definition) is 8. The first-order valence-electron chi connectivity index (χ1n) is 14.1. The molecule has 0 unspecified atom stereocenters. The molecule has 0 fully saturated rings. The number of carbonyl (C=O) groups is 2. The Morgan fingerprint density at radius 2 is 1.73 bits per heavy atom. The number of halogens is 1. The number of sulfonamides is 1. The summed E-state index contributed by atoms with van der Waals surface area (Å²) in [6, 6.07) is 13.7. The average Bonchev–Trinajstić information content (AvgIpc) is 3.02. The molecule has 14 heteroatoms. The third kappa shape index (κ3) is 8.64. The molecule has 2 amide bonds. The Balaban J connectivity index is 2.13. The van der Waals surface area contributed by atoms with Crippen LogP contribution in [0, 0.1) is 17.0 Å². The third-order valence-corrected chi connectivity index (χ3v) is 9.15. The summed E-state index contributed by atoms with van der Waals surface area (Å²) in [4.78, 5) is 39.1. The van der Waals surface area contributed by atoms with Crippen molar-refractivity contribution in [1.82, 2.24) is 10.2 Å². The number of nitrogens with one attached hydrogen (secondary N) is 1. The molecule has 3 aromatic rings. The zero-order chi connectivity index (χ0) is 33.3. The molecule has 1 N–H and O–H groups in total. The monoisotopic (exact) mass is 660 g/mol. The molecule has 0 aromatic heterocycles. The number of benzene rings is 3. The van der Waals surface area contributed by atoms with Crippen LogP contribution >= 0.6 is 11.6 Å². The summed E-state index contributed by atoms with van der Waals surface area (Å²) < 4.78 is 39.8. The van der Waals surface area contributed by atoms with Gasteiger partial charge in [0.2, 0.25) is 11.8 Å². The summed E-state index contributed by atoms with van der Waals surface area (Å²) in [5.74, 6) is -0.436. The lowest BCUT2D eigenvalue weighted by molar-refractivity contribution is -0.385. The number of hydrogen-bond donors (Lipinski definition) is 1. The Morgan fingerprint density at radius 3 is 2.33 bits per heavy atom. The van der Waals surface area contributed by atoms with Crippen LogP contribution in [0.1, 0.15) is 37.8 Å². The second-order valence-electron chi connectivity index (χ2n) is 10.2. The highest BCUT2D eigenvalue weighted by Gasteiger charge is 2.35. The first-order valence-corrected chi connectivity index (χ1v) is 16.0. The van der Waals surface area contributed by atoms with E-state index in [0.29, 0.717) is 17.9 Å². The number of rotatable bonds is 15. The summed E-state index contributed by atoms with van der Waals surface area (Å²) in [6.45, 7) is 4.64. The summed E-state index contributed by atoms with van der Waals surface area (Å²) in [6.07, 6.45) is 1.60. The van der Waals surface area contributed by atoms with Crippen LogP contribution in [-0.4, -0.2) is 63.4 Å². The molecule has 0 radical (unpaired) electrons. The maximum absolute atomic E-state index is 14.2. The van der Waals surface area contributed by atoms with Gasteiger partial charge in [0.25, 0.3) is 15.7 Å². The number of unbranched alkanes of at least 4 members (excludes halogenated alkanes) is 1. The second kappa shape index (κ2) is 15.6. The van der Waals surface area contributed by atoms with Crippen molar-refractivity contribution in [2.24, 2.45) is 0 Å². The molecule has 1 atom stereocenters.